The molecule has 3 unspecified atom stereocenters. The first kappa shape index (κ1) is 30.5. The van der Waals surface area contributed by atoms with Gasteiger partial charge in [0, 0.05) is 17.7 Å². The van der Waals surface area contributed by atoms with E-state index in [9.17, 15) is 50.1 Å². The van der Waals surface area contributed by atoms with Gasteiger partial charge in [-0.25, -0.2) is 0 Å². The number of phenols is 3. The fraction of sp³-hybridized carbons (Fsp3) is 0.370. The van der Waals surface area contributed by atoms with E-state index in [0.29, 0.717) is 0 Å². The van der Waals surface area contributed by atoms with Crippen molar-refractivity contribution in [3.8, 4) is 34.3 Å². The number of hydrogen-bond donors (Lipinski definition) is 8. The third-order valence-corrected chi connectivity index (χ3v) is 6.42. The third kappa shape index (κ3) is 6.56. The number of aliphatic hydroxyl groups excluding tert-OH is 3. The molecule has 3 aromatic rings. The Labute approximate surface area is 236 Å². The van der Waals surface area contributed by atoms with Gasteiger partial charge in [-0.15, -0.1) is 0 Å². The number of ether oxygens (including phenoxy) is 3. The van der Waals surface area contributed by atoms with E-state index >= 15 is 0 Å². The molecule has 2 aromatic carbocycles. The molecule has 8 N–H and O–H groups in total. The molecule has 42 heavy (non-hydrogen) atoms. The highest BCUT2D eigenvalue weighted by atomic mass is 16.7. The first-order valence-corrected chi connectivity index (χ1v) is 12.4. The van der Waals surface area contributed by atoms with Crippen molar-refractivity contribution in [3.05, 3.63) is 46.6 Å². The van der Waals surface area contributed by atoms with Gasteiger partial charge in [0.25, 0.3) is 0 Å². The number of aliphatic hydroxyl groups is 4. The summed E-state index contributed by atoms with van der Waals surface area (Å²) in [5.41, 5.74) is -2.98. The molecule has 0 saturated carbocycles. The fourth-order valence-electron chi connectivity index (χ4n) is 4.37. The molecule has 1 aliphatic heterocycles. The van der Waals surface area contributed by atoms with Crippen LogP contribution in [0.3, 0.4) is 0 Å². The van der Waals surface area contributed by atoms with E-state index in [1.165, 1.54) is 24.3 Å². The second kappa shape index (κ2) is 11.8. The smallest absolute Gasteiger partial charge is 0.308 e. The van der Waals surface area contributed by atoms with Crippen LogP contribution in [0.1, 0.15) is 19.8 Å². The molecule has 1 aromatic heterocycles. The highest BCUT2D eigenvalue weighted by Gasteiger charge is 2.46. The Morgan fingerprint density at radius 3 is 2.26 bits per heavy atom. The summed E-state index contributed by atoms with van der Waals surface area (Å²) in [6, 6.07) is 7.20. The lowest BCUT2D eigenvalue weighted by Crippen LogP contribution is -2.60. The predicted octanol–water partition coefficient (Wildman–Crippen LogP) is -0.0778. The predicted molar refractivity (Wildman–Crippen MR) is 139 cm³/mol. The lowest BCUT2D eigenvalue weighted by Gasteiger charge is -2.39. The van der Waals surface area contributed by atoms with Crippen LogP contribution in [0.15, 0.2) is 45.6 Å². The van der Waals surface area contributed by atoms with Crippen LogP contribution in [0.25, 0.3) is 22.3 Å². The number of carboxylic acid groups (broad SMARTS) is 1. The zero-order valence-corrected chi connectivity index (χ0v) is 21.9. The van der Waals surface area contributed by atoms with Crippen LogP contribution in [0, 0.1) is 0 Å². The highest BCUT2D eigenvalue weighted by molar-refractivity contribution is 5.88. The van der Waals surface area contributed by atoms with Gasteiger partial charge in [-0.3, -0.25) is 14.4 Å². The average molecular weight is 593 g/mol. The monoisotopic (exact) mass is 592 g/mol. The van der Waals surface area contributed by atoms with Gasteiger partial charge in [0.1, 0.15) is 59.2 Å². The second-order valence-electron chi connectivity index (χ2n) is 10.0. The normalized spacial score (nSPS) is 23.7. The Morgan fingerprint density at radius 2 is 1.62 bits per heavy atom. The third-order valence-electron chi connectivity index (χ3n) is 6.42. The molecule has 15 nitrogen and oxygen atoms in total. The quantitative estimate of drug-likeness (QED) is 0.151. The Kier molecular flexibility index (Phi) is 8.60. The van der Waals surface area contributed by atoms with Crippen molar-refractivity contribution in [2.45, 2.75) is 56.1 Å². The maximum atomic E-state index is 13.5. The summed E-state index contributed by atoms with van der Waals surface area (Å²) in [7, 11) is 0. The molecule has 0 radical (unpaired) electrons. The van der Waals surface area contributed by atoms with Crippen molar-refractivity contribution in [3.63, 3.8) is 0 Å². The van der Waals surface area contributed by atoms with Crippen LogP contribution in [-0.2, 0) is 19.1 Å². The second-order valence-corrected chi connectivity index (χ2v) is 10.0. The van der Waals surface area contributed by atoms with Crippen LogP contribution in [-0.4, -0.2) is 95.7 Å². The zero-order valence-electron chi connectivity index (χ0n) is 21.9. The minimum absolute atomic E-state index is 0.121. The number of carbonyl (C=O) groups excluding carboxylic acids is 1. The number of fused-ring (bicyclic) bond motifs is 1. The molecule has 2 heterocycles. The first-order chi connectivity index (χ1) is 19.7. The Hall–Kier alpha value is -4.41. The van der Waals surface area contributed by atoms with Gasteiger partial charge < -0.3 is 59.5 Å². The summed E-state index contributed by atoms with van der Waals surface area (Å²) in [5.74, 6) is -4.52. The Morgan fingerprint density at radius 1 is 0.952 bits per heavy atom. The molecule has 0 aliphatic carbocycles. The van der Waals surface area contributed by atoms with E-state index in [-0.39, 0.29) is 22.7 Å². The minimum atomic E-state index is -1.96. The molecule has 4 rings (SSSR count). The lowest BCUT2D eigenvalue weighted by atomic mass is 9.98. The van der Waals surface area contributed by atoms with Crippen LogP contribution in [0.4, 0.5) is 0 Å². The average Bonchev–Trinajstić information content (AvgIpc) is 2.88. The first-order valence-electron chi connectivity index (χ1n) is 12.4. The molecule has 1 aliphatic rings. The Balaban J connectivity index is 1.64. The van der Waals surface area contributed by atoms with Gasteiger partial charge in [0.15, 0.2) is 5.76 Å². The summed E-state index contributed by atoms with van der Waals surface area (Å²) in [6.45, 7) is 0.377. The van der Waals surface area contributed by atoms with Crippen LogP contribution >= 0.6 is 0 Å². The maximum absolute atomic E-state index is 13.5. The van der Waals surface area contributed by atoms with Gasteiger partial charge in [-0.2, -0.15) is 0 Å². The molecule has 0 amide bonds. The number of aromatic hydroxyl groups is 3. The van der Waals surface area contributed by atoms with E-state index in [0.717, 1.165) is 19.1 Å². The molecule has 6 atom stereocenters. The number of aliphatic carboxylic acids is 1. The molecule has 1 fully saturated rings. The number of esters is 1. The number of benzene rings is 2. The van der Waals surface area contributed by atoms with E-state index in [1.807, 2.05) is 0 Å². The van der Waals surface area contributed by atoms with Gasteiger partial charge in [-0.05, 0) is 31.2 Å². The van der Waals surface area contributed by atoms with E-state index in [2.05, 4.69) is 0 Å². The van der Waals surface area contributed by atoms with E-state index < -0.39 is 95.8 Å². The van der Waals surface area contributed by atoms with Gasteiger partial charge in [0.05, 0.1) is 18.4 Å². The van der Waals surface area contributed by atoms with Crippen molar-refractivity contribution >= 4 is 22.9 Å². The summed E-state index contributed by atoms with van der Waals surface area (Å²) < 4.78 is 21.9. The SMILES string of the molecule is CC(O)(CC(=O)O)CC(=O)OC[C@H]1O[C@@H](Oc2c(-c3ccc(O)cc3)oc3cc(O)cc(O)c3c2=O)C(O)C(O)[C@@H]1O. The summed E-state index contributed by atoms with van der Waals surface area (Å²) in [4.78, 5) is 36.5. The largest absolute Gasteiger partial charge is 0.508 e. The van der Waals surface area contributed by atoms with Gasteiger partial charge in [-0.1, -0.05) is 0 Å². The fourth-order valence-corrected chi connectivity index (χ4v) is 4.37. The summed E-state index contributed by atoms with van der Waals surface area (Å²) in [6.07, 6.45) is -10.6. The van der Waals surface area contributed by atoms with Crippen molar-refractivity contribution in [2.75, 3.05) is 6.61 Å². The van der Waals surface area contributed by atoms with E-state index in [1.54, 1.807) is 0 Å². The molecule has 15 heteroatoms. The van der Waals surface area contributed by atoms with Crippen molar-refractivity contribution < 1.29 is 69.1 Å². The highest BCUT2D eigenvalue weighted by Crippen LogP contribution is 2.37. The summed E-state index contributed by atoms with van der Waals surface area (Å²) >= 11 is 0. The number of hydrogen-bond acceptors (Lipinski definition) is 14. The minimum Gasteiger partial charge on any atom is -0.508 e. The van der Waals surface area contributed by atoms with Crippen LogP contribution in [0.2, 0.25) is 0 Å². The van der Waals surface area contributed by atoms with Gasteiger partial charge in [0.2, 0.25) is 17.5 Å². The number of phenolic OH excluding ortho intramolecular Hbond substituents is 3. The summed E-state index contributed by atoms with van der Waals surface area (Å²) in [5, 5.41) is 79.8. The molecule has 226 valence electrons. The van der Waals surface area contributed by atoms with Crippen molar-refractivity contribution in [1.82, 2.24) is 0 Å². The van der Waals surface area contributed by atoms with Gasteiger partial charge >= 0.3 is 11.9 Å². The van der Waals surface area contributed by atoms with Crippen LogP contribution < -0.4 is 10.2 Å². The van der Waals surface area contributed by atoms with E-state index in [4.69, 9.17) is 23.7 Å². The molecule has 0 bridgehead atoms. The maximum Gasteiger partial charge on any atom is 0.308 e. The molecular formula is C27H28O15. The number of rotatable bonds is 9. The standard InChI is InChI=1S/C27H28O15/c1-27(38,8-17(31)32)9-18(33)39-10-16-20(34)22(36)23(37)26(41-16)42-25-21(35)19-14(30)6-13(29)7-15(19)40-24(25)11-2-4-12(28)5-3-11/h2-7,16,20,22-23,26,28-30,34,36-38H,8-10H2,1H3,(H,31,32)/t16-,20-,22?,23?,26+,27?/m1/s1. The molecule has 0 spiro atoms. The number of carboxylic acids is 1. The van der Waals surface area contributed by atoms with Crippen molar-refractivity contribution in [1.29, 1.82) is 0 Å². The lowest BCUT2D eigenvalue weighted by molar-refractivity contribution is -0.278. The molecular weight excluding hydrogens is 564 g/mol. The zero-order chi connectivity index (χ0) is 30.9. The number of carbonyl (C=O) groups is 2. The molecule has 1 saturated heterocycles. The topological polar surface area (TPSA) is 254 Å². The van der Waals surface area contributed by atoms with Crippen LogP contribution in [0.5, 0.6) is 23.0 Å². The van der Waals surface area contributed by atoms with Crippen molar-refractivity contribution in [2.24, 2.45) is 0 Å². The Bertz CT molecular complexity index is 1530.